The molecular weight excluding hydrogens is 263 g/mol. The van der Waals surface area contributed by atoms with Gasteiger partial charge in [-0.2, -0.15) is 8.78 Å². The van der Waals surface area contributed by atoms with Gasteiger partial charge in [0.05, 0.1) is 6.10 Å². The monoisotopic (exact) mass is 279 g/mol. The summed E-state index contributed by atoms with van der Waals surface area (Å²) < 4.78 is 44.1. The number of hydrogen-bond acceptors (Lipinski definition) is 3. The number of halogens is 2. The first-order valence-electron chi connectivity index (χ1n) is 5.46. The molecule has 0 radical (unpaired) electrons. The Morgan fingerprint density at radius 2 is 2.17 bits per heavy atom. The van der Waals surface area contributed by atoms with E-state index in [1.165, 1.54) is 19.1 Å². The third kappa shape index (κ3) is 3.07. The van der Waals surface area contributed by atoms with Gasteiger partial charge < -0.3 is 15.2 Å². The van der Waals surface area contributed by atoms with Crippen molar-refractivity contribution in [2.24, 2.45) is 0 Å². The fourth-order valence-corrected chi connectivity index (χ4v) is 2.51. The van der Waals surface area contributed by atoms with E-state index >= 15 is 0 Å². The smallest absolute Gasteiger partial charge is 0.399 e. The summed E-state index contributed by atoms with van der Waals surface area (Å²) in [5.74, 6) is 0. The molecule has 1 aromatic carbocycles. The van der Waals surface area contributed by atoms with Crippen molar-refractivity contribution in [3.63, 3.8) is 0 Å². The predicted octanol–water partition coefficient (Wildman–Crippen LogP) is 3.32. The summed E-state index contributed by atoms with van der Waals surface area (Å²) in [5, 5.41) is 0. The molecule has 2 unspecified atom stereocenters. The second kappa shape index (κ2) is 5.34. The van der Waals surface area contributed by atoms with Crippen molar-refractivity contribution < 1.29 is 22.8 Å². The molecule has 0 saturated carbocycles. The zero-order valence-electron chi connectivity index (χ0n) is 10.1. The van der Waals surface area contributed by atoms with Crippen molar-refractivity contribution in [2.45, 2.75) is 32.0 Å². The topological polar surface area (TPSA) is 72.5 Å². The van der Waals surface area contributed by atoms with E-state index in [0.717, 1.165) is 12.1 Å². The Kier molecular flexibility index (Phi) is 4.48. The van der Waals surface area contributed by atoms with Crippen molar-refractivity contribution in [3.8, 4) is 0 Å². The molecular formula is C11H16F2NO3P. The number of hydrogen-bond donors (Lipinski definition) is 2. The maximum atomic E-state index is 13.9. The molecule has 4 nitrogen and oxygen atoms in total. The fraction of sp³-hybridized carbons (Fsp3) is 0.455. The van der Waals surface area contributed by atoms with Crippen LogP contribution < -0.4 is 5.73 Å². The molecule has 0 aliphatic heterocycles. The molecule has 0 aliphatic rings. The van der Waals surface area contributed by atoms with Gasteiger partial charge in [0.2, 0.25) is 0 Å². The van der Waals surface area contributed by atoms with Crippen LogP contribution in [0.1, 0.15) is 25.8 Å². The van der Waals surface area contributed by atoms with E-state index in [4.69, 9.17) is 5.73 Å². The van der Waals surface area contributed by atoms with Crippen LogP contribution in [0.2, 0.25) is 0 Å². The zero-order valence-corrected chi connectivity index (χ0v) is 11.0. The maximum Gasteiger partial charge on any atom is 0.402 e. The third-order valence-corrected chi connectivity index (χ3v) is 4.10. The zero-order chi connectivity index (χ0) is 14.0. The summed E-state index contributed by atoms with van der Waals surface area (Å²) in [6.45, 7) is 3.13. The molecule has 1 rings (SSSR count). The largest absolute Gasteiger partial charge is 0.402 e. The van der Waals surface area contributed by atoms with Crippen LogP contribution in [0.3, 0.4) is 0 Å². The van der Waals surface area contributed by atoms with Crippen LogP contribution in [0.4, 0.5) is 14.5 Å². The maximum absolute atomic E-state index is 13.9. The lowest BCUT2D eigenvalue weighted by Crippen LogP contribution is -2.19. The Balaban J connectivity index is 3.08. The molecule has 7 heteroatoms. The first-order chi connectivity index (χ1) is 8.20. The number of nitrogen functional groups attached to an aromatic ring is 1. The second-order valence-corrected chi connectivity index (χ2v) is 5.82. The number of rotatable bonds is 5. The second-order valence-electron chi connectivity index (χ2n) is 4.01. The van der Waals surface area contributed by atoms with E-state index in [2.05, 4.69) is 4.52 Å². The van der Waals surface area contributed by atoms with Crippen LogP contribution in [0.5, 0.6) is 0 Å². The summed E-state index contributed by atoms with van der Waals surface area (Å²) in [6, 6.07) is 4.71. The van der Waals surface area contributed by atoms with Gasteiger partial charge in [-0.25, -0.2) is 0 Å². The molecule has 0 bridgehead atoms. The van der Waals surface area contributed by atoms with Crippen molar-refractivity contribution in [2.75, 3.05) is 5.73 Å². The van der Waals surface area contributed by atoms with Gasteiger partial charge >= 0.3 is 13.3 Å². The summed E-state index contributed by atoms with van der Waals surface area (Å²) in [5.41, 5.74) is 0.865. The molecule has 102 valence electrons. The third-order valence-electron chi connectivity index (χ3n) is 2.49. The van der Waals surface area contributed by atoms with Crippen molar-refractivity contribution in [3.05, 3.63) is 29.8 Å². The van der Waals surface area contributed by atoms with E-state index in [1.807, 2.05) is 0 Å². The van der Waals surface area contributed by atoms with Crippen LogP contribution in [0.15, 0.2) is 24.3 Å². The van der Waals surface area contributed by atoms with Crippen molar-refractivity contribution in [1.82, 2.24) is 0 Å². The summed E-state index contributed by atoms with van der Waals surface area (Å²) >= 11 is 0. The average molecular weight is 279 g/mol. The molecule has 18 heavy (non-hydrogen) atoms. The minimum absolute atomic E-state index is 0.0933. The van der Waals surface area contributed by atoms with Gasteiger partial charge in [0.15, 0.2) is 0 Å². The molecule has 0 aliphatic carbocycles. The van der Waals surface area contributed by atoms with Gasteiger partial charge in [0, 0.05) is 11.3 Å². The van der Waals surface area contributed by atoms with E-state index in [0.29, 0.717) is 6.42 Å². The van der Waals surface area contributed by atoms with Gasteiger partial charge in [-0.15, -0.1) is 0 Å². The average Bonchev–Trinajstić information content (AvgIpc) is 2.28. The standard InChI is InChI=1S/C11H16F2NO3P/c1-3-8(2)17-18(15,16)11(12,13)9-5-4-6-10(14)7-9/h4-8H,3,14H2,1-2H3,(H,15,16). The van der Waals surface area contributed by atoms with Crippen molar-refractivity contribution in [1.29, 1.82) is 0 Å². The van der Waals surface area contributed by atoms with Gasteiger partial charge in [-0.1, -0.05) is 19.1 Å². The van der Waals surface area contributed by atoms with Crippen LogP contribution in [0, 0.1) is 0 Å². The van der Waals surface area contributed by atoms with Gasteiger partial charge in [0.1, 0.15) is 0 Å². The predicted molar refractivity (Wildman–Crippen MR) is 65.4 cm³/mol. The van der Waals surface area contributed by atoms with Gasteiger partial charge in [-0.3, -0.25) is 4.57 Å². The highest BCUT2D eigenvalue weighted by Gasteiger charge is 2.53. The molecule has 2 atom stereocenters. The van der Waals surface area contributed by atoms with E-state index < -0.39 is 24.9 Å². The van der Waals surface area contributed by atoms with Gasteiger partial charge in [-0.05, 0) is 25.5 Å². The first-order valence-corrected chi connectivity index (χ1v) is 7.03. The lowest BCUT2D eigenvalue weighted by molar-refractivity contribution is 0.0347. The molecule has 0 fully saturated rings. The lowest BCUT2D eigenvalue weighted by Gasteiger charge is -2.24. The molecule has 0 spiro atoms. The SMILES string of the molecule is CCC(C)OP(=O)(O)C(F)(F)c1cccc(N)c1. The quantitative estimate of drug-likeness (QED) is 0.640. The number of alkyl halides is 2. The minimum Gasteiger partial charge on any atom is -0.399 e. The Bertz CT molecular complexity index is 467. The fourth-order valence-electron chi connectivity index (χ4n) is 1.27. The van der Waals surface area contributed by atoms with Crippen LogP contribution in [-0.2, 0) is 14.8 Å². The Labute approximate surface area is 104 Å². The molecule has 0 aromatic heterocycles. The van der Waals surface area contributed by atoms with E-state index in [1.54, 1.807) is 6.92 Å². The molecule has 0 saturated heterocycles. The number of anilines is 1. The van der Waals surface area contributed by atoms with E-state index in [9.17, 15) is 18.2 Å². The first kappa shape index (κ1) is 15.1. The van der Waals surface area contributed by atoms with Crippen molar-refractivity contribution >= 4 is 13.3 Å². The summed E-state index contributed by atoms with van der Waals surface area (Å²) in [4.78, 5) is 9.43. The normalized spacial score (nSPS) is 17.2. The number of nitrogens with two attached hydrogens (primary N) is 1. The Morgan fingerprint density at radius 3 is 2.67 bits per heavy atom. The molecule has 3 N–H and O–H groups in total. The summed E-state index contributed by atoms with van der Waals surface area (Å²) in [6.07, 6.45) is -0.370. The summed E-state index contributed by atoms with van der Waals surface area (Å²) in [7, 11) is -5.10. The van der Waals surface area contributed by atoms with Gasteiger partial charge in [0.25, 0.3) is 0 Å². The lowest BCUT2D eigenvalue weighted by atomic mass is 10.2. The van der Waals surface area contributed by atoms with E-state index in [-0.39, 0.29) is 5.69 Å². The Morgan fingerprint density at radius 1 is 1.56 bits per heavy atom. The highest BCUT2D eigenvalue weighted by molar-refractivity contribution is 7.53. The van der Waals surface area contributed by atoms with Crippen LogP contribution in [-0.4, -0.2) is 11.0 Å². The van der Waals surface area contributed by atoms with Crippen LogP contribution >= 0.6 is 7.60 Å². The molecule has 1 aromatic rings. The highest BCUT2D eigenvalue weighted by Crippen LogP contribution is 2.63. The van der Waals surface area contributed by atoms with Crippen LogP contribution in [0.25, 0.3) is 0 Å². The Hall–Kier alpha value is -0.970. The number of benzene rings is 1. The highest BCUT2D eigenvalue weighted by atomic mass is 31.2. The molecule has 0 heterocycles. The minimum atomic E-state index is -5.10. The molecule has 0 amide bonds.